The number of hydrogen-bond donors (Lipinski definition) is 1. The number of halogens is 4. The first-order valence-electron chi connectivity index (χ1n) is 6.89. The van der Waals surface area contributed by atoms with Crippen LogP contribution in [0.2, 0.25) is 0 Å². The number of fused-ring (bicyclic) bond motifs is 1. The Morgan fingerprint density at radius 1 is 1.25 bits per heavy atom. The standard InChI is InChI=1S/C16H12BrF3N2O2/c1-22-8-21-14-12(6-10(7-23)13(17)15(14)22)9-2-4-11(5-3-9)24-16(18,19)20/h2-6,8,23H,7H2,1H3. The molecule has 8 heteroatoms. The summed E-state index contributed by atoms with van der Waals surface area (Å²) in [5.41, 5.74) is 3.54. The van der Waals surface area contributed by atoms with Crippen LogP contribution in [0.3, 0.4) is 0 Å². The molecule has 4 nitrogen and oxygen atoms in total. The molecule has 0 radical (unpaired) electrons. The molecule has 1 heterocycles. The van der Waals surface area contributed by atoms with E-state index in [0.29, 0.717) is 16.6 Å². The average Bonchev–Trinajstić information content (AvgIpc) is 2.90. The third kappa shape index (κ3) is 3.11. The Hall–Kier alpha value is -2.06. The molecule has 0 amide bonds. The van der Waals surface area contributed by atoms with E-state index in [2.05, 4.69) is 25.7 Å². The van der Waals surface area contributed by atoms with Gasteiger partial charge in [0.05, 0.1) is 24.0 Å². The minimum absolute atomic E-state index is 0.177. The van der Waals surface area contributed by atoms with E-state index in [9.17, 15) is 18.3 Å². The number of ether oxygens (including phenoxy) is 1. The Bertz CT molecular complexity index is 889. The van der Waals surface area contributed by atoms with Gasteiger partial charge in [0, 0.05) is 17.1 Å². The Labute approximate surface area is 143 Å². The van der Waals surface area contributed by atoms with Crippen molar-refractivity contribution in [3.8, 4) is 16.9 Å². The summed E-state index contributed by atoms with van der Waals surface area (Å²) in [4.78, 5) is 4.35. The van der Waals surface area contributed by atoms with E-state index < -0.39 is 6.36 Å². The van der Waals surface area contributed by atoms with Crippen molar-refractivity contribution >= 4 is 27.0 Å². The summed E-state index contributed by atoms with van der Waals surface area (Å²) in [6.45, 7) is -0.177. The molecule has 0 fully saturated rings. The molecule has 0 aliphatic rings. The normalized spacial score (nSPS) is 11.9. The van der Waals surface area contributed by atoms with Crippen molar-refractivity contribution in [2.24, 2.45) is 7.05 Å². The zero-order valence-electron chi connectivity index (χ0n) is 12.4. The lowest BCUT2D eigenvalue weighted by atomic mass is 10.0. The number of aliphatic hydroxyl groups is 1. The molecule has 0 bridgehead atoms. The van der Waals surface area contributed by atoms with Gasteiger partial charge in [-0.1, -0.05) is 12.1 Å². The number of hydrogen-bond acceptors (Lipinski definition) is 3. The molecule has 0 aliphatic carbocycles. The van der Waals surface area contributed by atoms with Crippen LogP contribution in [0.1, 0.15) is 5.56 Å². The molecule has 1 N–H and O–H groups in total. The first-order chi connectivity index (χ1) is 11.3. The summed E-state index contributed by atoms with van der Waals surface area (Å²) in [5.74, 6) is -0.289. The number of imidazole rings is 1. The fourth-order valence-corrected chi connectivity index (χ4v) is 3.22. The topological polar surface area (TPSA) is 47.3 Å². The molecular weight excluding hydrogens is 389 g/mol. The molecular formula is C16H12BrF3N2O2. The maximum atomic E-state index is 12.3. The minimum Gasteiger partial charge on any atom is -0.406 e. The van der Waals surface area contributed by atoms with Crippen LogP contribution in [0.25, 0.3) is 22.2 Å². The molecule has 0 atom stereocenters. The zero-order valence-corrected chi connectivity index (χ0v) is 14.0. The second kappa shape index (κ2) is 6.10. The molecule has 126 valence electrons. The van der Waals surface area contributed by atoms with Gasteiger partial charge in [-0.05, 0) is 45.3 Å². The second-order valence-corrected chi connectivity index (χ2v) is 5.97. The molecule has 3 rings (SSSR count). The van der Waals surface area contributed by atoms with Crippen LogP contribution in [-0.4, -0.2) is 21.0 Å². The molecule has 1 aromatic heterocycles. The fourth-order valence-electron chi connectivity index (χ4n) is 2.52. The summed E-state index contributed by atoms with van der Waals surface area (Å²) >= 11 is 3.46. The number of benzene rings is 2. The Morgan fingerprint density at radius 3 is 2.50 bits per heavy atom. The molecule has 0 unspecified atom stereocenters. The van der Waals surface area contributed by atoms with Crippen molar-refractivity contribution in [3.05, 3.63) is 46.7 Å². The van der Waals surface area contributed by atoms with E-state index in [-0.39, 0.29) is 12.4 Å². The molecule has 3 aromatic rings. The third-order valence-electron chi connectivity index (χ3n) is 3.57. The van der Waals surface area contributed by atoms with Gasteiger partial charge in [0.25, 0.3) is 0 Å². The van der Waals surface area contributed by atoms with E-state index in [1.54, 1.807) is 12.4 Å². The van der Waals surface area contributed by atoms with Gasteiger partial charge in [-0.3, -0.25) is 0 Å². The van der Waals surface area contributed by atoms with Crippen molar-refractivity contribution in [3.63, 3.8) is 0 Å². The van der Waals surface area contributed by atoms with E-state index in [1.165, 1.54) is 24.3 Å². The van der Waals surface area contributed by atoms with Crippen molar-refractivity contribution in [2.75, 3.05) is 0 Å². The lowest BCUT2D eigenvalue weighted by Crippen LogP contribution is -2.16. The van der Waals surface area contributed by atoms with Gasteiger partial charge in [0.1, 0.15) is 5.75 Å². The quantitative estimate of drug-likeness (QED) is 0.708. The minimum atomic E-state index is -4.72. The highest BCUT2D eigenvalue weighted by atomic mass is 79.9. The van der Waals surface area contributed by atoms with Gasteiger partial charge in [-0.2, -0.15) is 0 Å². The lowest BCUT2D eigenvalue weighted by molar-refractivity contribution is -0.274. The predicted molar refractivity (Wildman–Crippen MR) is 86.5 cm³/mol. The SMILES string of the molecule is Cn1cnc2c(-c3ccc(OC(F)(F)F)cc3)cc(CO)c(Br)c21. The molecule has 2 aromatic carbocycles. The van der Waals surface area contributed by atoms with Crippen molar-refractivity contribution in [2.45, 2.75) is 13.0 Å². The van der Waals surface area contributed by atoms with Crippen LogP contribution in [0.15, 0.2) is 41.1 Å². The van der Waals surface area contributed by atoms with Gasteiger partial charge in [-0.15, -0.1) is 13.2 Å². The maximum Gasteiger partial charge on any atom is 0.573 e. The van der Waals surface area contributed by atoms with Crippen molar-refractivity contribution in [1.29, 1.82) is 0 Å². The number of rotatable bonds is 3. The van der Waals surface area contributed by atoms with Gasteiger partial charge < -0.3 is 14.4 Å². The van der Waals surface area contributed by atoms with Crippen LogP contribution in [-0.2, 0) is 13.7 Å². The lowest BCUT2D eigenvalue weighted by Gasteiger charge is -2.12. The molecule has 0 spiro atoms. The fraction of sp³-hybridized carbons (Fsp3) is 0.188. The first kappa shape index (κ1) is 16.8. The van der Waals surface area contributed by atoms with Crippen LogP contribution in [0, 0.1) is 0 Å². The number of aromatic nitrogens is 2. The molecule has 0 aliphatic heterocycles. The average molecular weight is 401 g/mol. The summed E-state index contributed by atoms with van der Waals surface area (Å²) < 4.78 is 43.2. The number of aryl methyl sites for hydroxylation is 1. The molecule has 0 saturated carbocycles. The zero-order chi connectivity index (χ0) is 17.5. The van der Waals surface area contributed by atoms with Gasteiger partial charge in [-0.25, -0.2) is 4.98 Å². The van der Waals surface area contributed by atoms with E-state index in [0.717, 1.165) is 15.6 Å². The first-order valence-corrected chi connectivity index (χ1v) is 7.69. The van der Waals surface area contributed by atoms with Gasteiger partial charge in [0.2, 0.25) is 0 Å². The highest BCUT2D eigenvalue weighted by molar-refractivity contribution is 9.10. The Kier molecular flexibility index (Phi) is 4.27. The van der Waals surface area contributed by atoms with Crippen LogP contribution in [0.4, 0.5) is 13.2 Å². The largest absolute Gasteiger partial charge is 0.573 e. The predicted octanol–water partition coefficient (Wildman–Crippen LogP) is 4.39. The van der Waals surface area contributed by atoms with Gasteiger partial charge in [0.15, 0.2) is 0 Å². The van der Waals surface area contributed by atoms with E-state index in [1.807, 2.05) is 11.6 Å². The summed E-state index contributed by atoms with van der Waals surface area (Å²) in [7, 11) is 1.82. The van der Waals surface area contributed by atoms with E-state index in [4.69, 9.17) is 0 Å². The number of nitrogens with zero attached hydrogens (tertiary/aromatic N) is 2. The summed E-state index contributed by atoms with van der Waals surface area (Å²) in [5, 5.41) is 9.54. The smallest absolute Gasteiger partial charge is 0.406 e. The van der Waals surface area contributed by atoms with Crippen molar-refractivity contribution < 1.29 is 23.0 Å². The van der Waals surface area contributed by atoms with Crippen LogP contribution >= 0.6 is 15.9 Å². The third-order valence-corrected chi connectivity index (χ3v) is 4.45. The monoisotopic (exact) mass is 400 g/mol. The Balaban J connectivity index is 2.11. The highest BCUT2D eigenvalue weighted by Crippen LogP contribution is 2.36. The van der Waals surface area contributed by atoms with E-state index >= 15 is 0 Å². The second-order valence-electron chi connectivity index (χ2n) is 5.18. The molecule has 24 heavy (non-hydrogen) atoms. The van der Waals surface area contributed by atoms with Crippen molar-refractivity contribution in [1.82, 2.24) is 9.55 Å². The Morgan fingerprint density at radius 2 is 1.92 bits per heavy atom. The number of alkyl halides is 3. The maximum absolute atomic E-state index is 12.3. The molecule has 0 saturated heterocycles. The van der Waals surface area contributed by atoms with Crippen LogP contribution < -0.4 is 4.74 Å². The van der Waals surface area contributed by atoms with Crippen LogP contribution in [0.5, 0.6) is 5.75 Å². The number of aliphatic hydroxyl groups excluding tert-OH is 1. The van der Waals surface area contributed by atoms with Gasteiger partial charge >= 0.3 is 6.36 Å². The highest BCUT2D eigenvalue weighted by Gasteiger charge is 2.31. The summed E-state index contributed by atoms with van der Waals surface area (Å²) in [6, 6.07) is 7.31. The summed E-state index contributed by atoms with van der Waals surface area (Å²) in [6.07, 6.45) is -3.08.